The number of aromatic nitrogens is 4. The lowest BCUT2D eigenvalue weighted by Gasteiger charge is -2.11. The van der Waals surface area contributed by atoms with Crippen molar-refractivity contribution in [3.63, 3.8) is 0 Å². The number of halogens is 3. The molecule has 4 aromatic rings. The molecule has 0 saturated carbocycles. The number of fused-ring (bicyclic) bond motifs is 1. The van der Waals surface area contributed by atoms with Crippen LogP contribution in [-0.2, 0) is 6.18 Å². The second-order valence-corrected chi connectivity index (χ2v) is 5.97. The Hall–Kier alpha value is -3.88. The normalized spacial score (nSPS) is 11.4. The number of hydrogen-bond donors (Lipinski definition) is 0. The van der Waals surface area contributed by atoms with E-state index >= 15 is 0 Å². The molecular weight excluding hydrogens is 385 g/mol. The third-order valence-corrected chi connectivity index (χ3v) is 4.06. The Morgan fingerprint density at radius 3 is 2.38 bits per heavy atom. The minimum atomic E-state index is -4.65. The number of carbonyl (C=O) groups excluding carboxylic acids is 1. The first-order valence-corrected chi connectivity index (χ1v) is 8.31. The SMILES string of the molecule is O=Cc1cnc2cc(Oc3cccnc3)ccc2c1-c1cnc(C(F)(F)F)nc1. The molecule has 0 aliphatic rings. The second-order valence-electron chi connectivity index (χ2n) is 5.97. The van der Waals surface area contributed by atoms with Crippen LogP contribution < -0.4 is 4.74 Å². The van der Waals surface area contributed by atoms with Crippen LogP contribution >= 0.6 is 0 Å². The topological polar surface area (TPSA) is 77.9 Å². The maximum Gasteiger partial charge on any atom is 0.451 e. The van der Waals surface area contributed by atoms with E-state index in [1.807, 2.05) is 0 Å². The maximum absolute atomic E-state index is 12.7. The van der Waals surface area contributed by atoms with Crippen LogP contribution in [0, 0.1) is 0 Å². The lowest BCUT2D eigenvalue weighted by atomic mass is 9.99. The van der Waals surface area contributed by atoms with Gasteiger partial charge in [-0.3, -0.25) is 14.8 Å². The Bertz CT molecular complexity index is 1180. The average Bonchev–Trinajstić information content (AvgIpc) is 2.73. The summed E-state index contributed by atoms with van der Waals surface area (Å²) in [6.07, 6.45) is 2.53. The van der Waals surface area contributed by atoms with Crippen LogP contribution in [0.4, 0.5) is 13.2 Å². The fourth-order valence-corrected chi connectivity index (χ4v) is 2.81. The van der Waals surface area contributed by atoms with E-state index in [0.717, 1.165) is 12.4 Å². The number of rotatable bonds is 4. The molecule has 0 unspecified atom stereocenters. The van der Waals surface area contributed by atoms with Gasteiger partial charge in [0.15, 0.2) is 6.29 Å². The number of aldehydes is 1. The van der Waals surface area contributed by atoms with Gasteiger partial charge in [-0.25, -0.2) is 9.97 Å². The van der Waals surface area contributed by atoms with E-state index in [-0.39, 0.29) is 11.1 Å². The molecule has 0 N–H and O–H groups in total. The zero-order valence-electron chi connectivity index (χ0n) is 14.6. The van der Waals surface area contributed by atoms with Gasteiger partial charge in [0, 0.05) is 52.9 Å². The average molecular weight is 396 g/mol. The summed E-state index contributed by atoms with van der Waals surface area (Å²) in [5.41, 5.74) is 1.37. The van der Waals surface area contributed by atoms with Crippen LogP contribution in [0.1, 0.15) is 16.2 Å². The van der Waals surface area contributed by atoms with E-state index in [9.17, 15) is 18.0 Å². The minimum absolute atomic E-state index is 0.210. The van der Waals surface area contributed by atoms with Crippen molar-refractivity contribution < 1.29 is 22.7 Å². The van der Waals surface area contributed by atoms with Crippen molar-refractivity contribution >= 4 is 17.2 Å². The van der Waals surface area contributed by atoms with E-state index in [2.05, 4.69) is 19.9 Å². The summed E-state index contributed by atoms with van der Waals surface area (Å²) < 4.78 is 43.9. The fraction of sp³-hybridized carbons (Fsp3) is 0.0500. The molecule has 3 heterocycles. The Labute approximate surface area is 162 Å². The highest BCUT2D eigenvalue weighted by molar-refractivity contribution is 6.02. The molecule has 6 nitrogen and oxygen atoms in total. The summed E-state index contributed by atoms with van der Waals surface area (Å²) >= 11 is 0. The third kappa shape index (κ3) is 3.75. The molecule has 4 rings (SSSR count). The number of carbonyl (C=O) groups is 1. The number of ether oxygens (including phenoxy) is 1. The molecule has 0 spiro atoms. The van der Waals surface area contributed by atoms with Crippen molar-refractivity contribution in [2.75, 3.05) is 0 Å². The van der Waals surface area contributed by atoms with Crippen molar-refractivity contribution in [3.05, 3.63) is 72.7 Å². The molecule has 0 aliphatic carbocycles. The van der Waals surface area contributed by atoms with Gasteiger partial charge in [-0.05, 0) is 24.3 Å². The first-order chi connectivity index (χ1) is 14.0. The van der Waals surface area contributed by atoms with E-state index in [4.69, 9.17) is 4.74 Å². The summed E-state index contributed by atoms with van der Waals surface area (Å²) in [5, 5.41) is 0.552. The summed E-state index contributed by atoms with van der Waals surface area (Å²) in [5.74, 6) is -0.224. The molecule has 0 fully saturated rings. The van der Waals surface area contributed by atoms with Crippen LogP contribution in [0.5, 0.6) is 11.5 Å². The van der Waals surface area contributed by atoms with Crippen LogP contribution in [0.15, 0.2) is 61.3 Å². The van der Waals surface area contributed by atoms with Crippen molar-refractivity contribution in [3.8, 4) is 22.6 Å². The first kappa shape index (κ1) is 18.5. The minimum Gasteiger partial charge on any atom is -0.456 e. The molecule has 29 heavy (non-hydrogen) atoms. The molecule has 0 radical (unpaired) electrons. The first-order valence-electron chi connectivity index (χ1n) is 8.31. The van der Waals surface area contributed by atoms with Crippen molar-refractivity contribution in [1.82, 2.24) is 19.9 Å². The number of hydrogen-bond acceptors (Lipinski definition) is 6. The fourth-order valence-electron chi connectivity index (χ4n) is 2.81. The smallest absolute Gasteiger partial charge is 0.451 e. The zero-order chi connectivity index (χ0) is 20.4. The number of pyridine rings is 2. The van der Waals surface area contributed by atoms with Crippen LogP contribution in [-0.4, -0.2) is 26.2 Å². The molecule has 0 amide bonds. The van der Waals surface area contributed by atoms with Gasteiger partial charge in [0.2, 0.25) is 5.82 Å². The maximum atomic E-state index is 12.7. The molecule has 0 aliphatic heterocycles. The van der Waals surface area contributed by atoms with Crippen molar-refractivity contribution in [2.45, 2.75) is 6.18 Å². The molecule has 1 aromatic carbocycles. The largest absolute Gasteiger partial charge is 0.456 e. The van der Waals surface area contributed by atoms with Crippen LogP contribution in [0.3, 0.4) is 0 Å². The van der Waals surface area contributed by atoms with Crippen LogP contribution in [0.25, 0.3) is 22.0 Å². The highest BCUT2D eigenvalue weighted by Crippen LogP contribution is 2.34. The second kappa shape index (κ2) is 7.27. The van der Waals surface area contributed by atoms with Crippen molar-refractivity contribution in [2.24, 2.45) is 0 Å². The Balaban J connectivity index is 1.79. The highest BCUT2D eigenvalue weighted by Gasteiger charge is 2.34. The van der Waals surface area contributed by atoms with Gasteiger partial charge in [-0.2, -0.15) is 13.2 Å². The Morgan fingerprint density at radius 2 is 1.72 bits per heavy atom. The standard InChI is InChI=1S/C20H11F3N4O2/c21-20(22,23)19-26-7-12(8-27-19)18-13(11-28)9-25-17-6-14(3-4-16(17)18)29-15-2-1-5-24-10-15/h1-11H. The molecule has 0 bridgehead atoms. The quantitative estimate of drug-likeness (QED) is 0.465. The molecule has 0 atom stereocenters. The van der Waals surface area contributed by atoms with Gasteiger partial charge in [-0.15, -0.1) is 0 Å². The van der Waals surface area contributed by atoms with Crippen LogP contribution in [0.2, 0.25) is 0 Å². The van der Waals surface area contributed by atoms with E-state index in [1.54, 1.807) is 42.7 Å². The predicted molar refractivity (Wildman–Crippen MR) is 97.5 cm³/mol. The summed E-state index contributed by atoms with van der Waals surface area (Å²) in [6, 6.07) is 8.47. The Kier molecular flexibility index (Phi) is 4.63. The molecule has 144 valence electrons. The van der Waals surface area contributed by atoms with Gasteiger partial charge >= 0.3 is 6.18 Å². The molecule has 3 aromatic heterocycles. The number of alkyl halides is 3. The molecule has 0 saturated heterocycles. The van der Waals surface area contributed by atoms with Gasteiger partial charge in [0.25, 0.3) is 0 Å². The Morgan fingerprint density at radius 1 is 0.931 bits per heavy atom. The summed E-state index contributed by atoms with van der Waals surface area (Å²) in [4.78, 5) is 26.5. The van der Waals surface area contributed by atoms with E-state index < -0.39 is 12.0 Å². The molecule has 9 heteroatoms. The zero-order valence-corrected chi connectivity index (χ0v) is 14.6. The number of benzene rings is 1. The van der Waals surface area contributed by atoms with Gasteiger partial charge in [0.05, 0.1) is 11.7 Å². The monoisotopic (exact) mass is 396 g/mol. The molecular formula is C20H11F3N4O2. The predicted octanol–water partition coefficient (Wildman–Crippen LogP) is 4.71. The van der Waals surface area contributed by atoms with E-state index in [0.29, 0.717) is 34.3 Å². The highest BCUT2D eigenvalue weighted by atomic mass is 19.4. The summed E-state index contributed by atoms with van der Waals surface area (Å²) in [6.45, 7) is 0. The van der Waals surface area contributed by atoms with Gasteiger partial charge in [-0.1, -0.05) is 0 Å². The van der Waals surface area contributed by atoms with Crippen molar-refractivity contribution in [1.29, 1.82) is 0 Å². The summed E-state index contributed by atoms with van der Waals surface area (Å²) in [7, 11) is 0. The lowest BCUT2D eigenvalue weighted by molar-refractivity contribution is -0.144. The third-order valence-electron chi connectivity index (χ3n) is 4.06. The van der Waals surface area contributed by atoms with Gasteiger partial charge < -0.3 is 4.74 Å². The lowest BCUT2D eigenvalue weighted by Crippen LogP contribution is -2.10. The number of nitrogens with zero attached hydrogens (tertiary/aromatic N) is 4. The van der Waals surface area contributed by atoms with E-state index in [1.165, 1.54) is 6.20 Å². The van der Waals surface area contributed by atoms with Gasteiger partial charge in [0.1, 0.15) is 11.5 Å².